The number of aromatic nitrogens is 1. The Bertz CT molecular complexity index is 364. The fourth-order valence-electron chi connectivity index (χ4n) is 2.20. The third kappa shape index (κ3) is 4.77. The molecule has 0 amide bonds. The van der Waals surface area contributed by atoms with Gasteiger partial charge < -0.3 is 5.32 Å². The van der Waals surface area contributed by atoms with E-state index in [9.17, 15) is 0 Å². The third-order valence-corrected chi connectivity index (χ3v) is 3.29. The van der Waals surface area contributed by atoms with Crippen molar-refractivity contribution in [1.29, 1.82) is 0 Å². The number of nitrogens with zero attached hydrogens (tertiary/aromatic N) is 1. The van der Waals surface area contributed by atoms with E-state index in [0.717, 1.165) is 13.0 Å². The first-order valence-corrected chi connectivity index (χ1v) is 7.03. The first-order valence-electron chi connectivity index (χ1n) is 7.03. The van der Waals surface area contributed by atoms with Crippen LogP contribution in [0.4, 0.5) is 0 Å². The molecule has 1 atom stereocenters. The summed E-state index contributed by atoms with van der Waals surface area (Å²) >= 11 is 0. The van der Waals surface area contributed by atoms with Crippen LogP contribution in [0.3, 0.4) is 0 Å². The Morgan fingerprint density at radius 3 is 2.44 bits per heavy atom. The Morgan fingerprint density at radius 2 is 1.94 bits per heavy atom. The largest absolute Gasteiger partial charge is 0.308 e. The highest BCUT2D eigenvalue weighted by atomic mass is 14.9. The predicted molar refractivity (Wildman–Crippen MR) is 78.7 cm³/mol. The van der Waals surface area contributed by atoms with Gasteiger partial charge >= 0.3 is 0 Å². The lowest BCUT2D eigenvalue weighted by Crippen LogP contribution is -2.35. The van der Waals surface area contributed by atoms with Gasteiger partial charge in [-0.25, -0.2) is 0 Å². The van der Waals surface area contributed by atoms with Crippen LogP contribution in [0.1, 0.15) is 65.1 Å². The minimum atomic E-state index is 0.158. The summed E-state index contributed by atoms with van der Waals surface area (Å²) in [5, 5.41) is 3.52. The summed E-state index contributed by atoms with van der Waals surface area (Å²) in [5.74, 6) is 1.22. The van der Waals surface area contributed by atoms with E-state index < -0.39 is 0 Å². The molecule has 0 saturated heterocycles. The molecule has 0 aliphatic heterocycles. The van der Waals surface area contributed by atoms with E-state index >= 15 is 0 Å². The Labute approximate surface area is 112 Å². The first kappa shape index (κ1) is 15.2. The van der Waals surface area contributed by atoms with Crippen LogP contribution < -0.4 is 5.32 Å². The summed E-state index contributed by atoms with van der Waals surface area (Å²) in [5.41, 5.74) is 2.72. The van der Waals surface area contributed by atoms with E-state index in [1.54, 1.807) is 0 Å². The highest BCUT2D eigenvalue weighted by molar-refractivity contribution is 5.19. The summed E-state index contributed by atoms with van der Waals surface area (Å²) < 4.78 is 0. The van der Waals surface area contributed by atoms with Gasteiger partial charge in [-0.05, 0) is 50.8 Å². The lowest BCUT2D eigenvalue weighted by atomic mass is 9.89. The summed E-state index contributed by atoms with van der Waals surface area (Å²) in [6, 6.07) is 4.36. The molecule has 0 fully saturated rings. The number of hydrogen-bond acceptors (Lipinski definition) is 2. The fourth-order valence-corrected chi connectivity index (χ4v) is 2.20. The summed E-state index contributed by atoms with van der Waals surface area (Å²) in [6.07, 6.45) is 3.10. The summed E-state index contributed by atoms with van der Waals surface area (Å²) in [4.78, 5) is 4.55. The van der Waals surface area contributed by atoms with Gasteiger partial charge in [-0.1, -0.05) is 20.8 Å². The topological polar surface area (TPSA) is 24.9 Å². The standard InChI is InChI=1S/C16H28N2/c1-7-14(12(2)3)15-10-13(8-9-17-15)11-18-16(4,5)6/h8-10,12,14,18H,7,11H2,1-6H3. The second-order valence-corrected chi connectivity index (χ2v) is 6.45. The van der Waals surface area contributed by atoms with E-state index in [-0.39, 0.29) is 5.54 Å². The molecule has 2 heteroatoms. The molecule has 18 heavy (non-hydrogen) atoms. The van der Waals surface area contributed by atoms with Gasteiger partial charge in [0.05, 0.1) is 0 Å². The van der Waals surface area contributed by atoms with E-state index in [1.165, 1.54) is 11.3 Å². The molecular formula is C16H28N2. The molecule has 0 aliphatic carbocycles. The lowest BCUT2D eigenvalue weighted by Gasteiger charge is -2.22. The second kappa shape index (κ2) is 6.33. The van der Waals surface area contributed by atoms with Crippen LogP contribution in [0.5, 0.6) is 0 Å². The summed E-state index contributed by atoms with van der Waals surface area (Å²) in [7, 11) is 0. The van der Waals surface area contributed by atoms with Gasteiger partial charge in [0.15, 0.2) is 0 Å². The second-order valence-electron chi connectivity index (χ2n) is 6.45. The minimum absolute atomic E-state index is 0.158. The third-order valence-electron chi connectivity index (χ3n) is 3.29. The highest BCUT2D eigenvalue weighted by Gasteiger charge is 2.15. The molecule has 1 aromatic heterocycles. The van der Waals surface area contributed by atoms with Crippen LogP contribution in [-0.4, -0.2) is 10.5 Å². The van der Waals surface area contributed by atoms with Gasteiger partial charge in [0.1, 0.15) is 0 Å². The van der Waals surface area contributed by atoms with E-state index in [4.69, 9.17) is 0 Å². The van der Waals surface area contributed by atoms with Gasteiger partial charge in [-0.15, -0.1) is 0 Å². The van der Waals surface area contributed by atoms with Crippen molar-refractivity contribution in [3.8, 4) is 0 Å². The van der Waals surface area contributed by atoms with Gasteiger partial charge in [-0.3, -0.25) is 4.98 Å². The first-order chi connectivity index (χ1) is 8.33. The normalized spacial score (nSPS) is 13.9. The Morgan fingerprint density at radius 1 is 1.28 bits per heavy atom. The van der Waals surface area contributed by atoms with Crippen molar-refractivity contribution in [3.63, 3.8) is 0 Å². The van der Waals surface area contributed by atoms with Gasteiger partial charge in [0.25, 0.3) is 0 Å². The molecule has 2 nitrogen and oxygen atoms in total. The van der Waals surface area contributed by atoms with Crippen LogP contribution >= 0.6 is 0 Å². The molecule has 1 N–H and O–H groups in total. The molecule has 102 valence electrons. The van der Waals surface area contributed by atoms with Crippen LogP contribution in [0.15, 0.2) is 18.3 Å². The molecule has 1 heterocycles. The Kier molecular flexibility index (Phi) is 5.33. The molecule has 0 spiro atoms. The molecule has 0 aliphatic rings. The zero-order valence-electron chi connectivity index (χ0n) is 12.7. The quantitative estimate of drug-likeness (QED) is 0.848. The SMILES string of the molecule is CCC(c1cc(CNC(C)(C)C)ccn1)C(C)C. The van der Waals surface area contributed by atoms with Crippen molar-refractivity contribution in [1.82, 2.24) is 10.3 Å². The molecular weight excluding hydrogens is 220 g/mol. The Balaban J connectivity index is 2.79. The lowest BCUT2D eigenvalue weighted by molar-refractivity contribution is 0.423. The predicted octanol–water partition coefficient (Wildman–Crippen LogP) is 4.12. The zero-order chi connectivity index (χ0) is 13.8. The maximum atomic E-state index is 4.55. The molecule has 0 saturated carbocycles. The van der Waals surface area contributed by atoms with Crippen molar-refractivity contribution < 1.29 is 0 Å². The van der Waals surface area contributed by atoms with Gasteiger partial charge in [-0.2, -0.15) is 0 Å². The maximum absolute atomic E-state index is 4.55. The van der Waals surface area contributed by atoms with Crippen molar-refractivity contribution >= 4 is 0 Å². The van der Waals surface area contributed by atoms with Crippen LogP contribution in [0.2, 0.25) is 0 Å². The molecule has 1 aromatic rings. The van der Waals surface area contributed by atoms with Crippen LogP contribution in [0, 0.1) is 5.92 Å². The zero-order valence-corrected chi connectivity index (χ0v) is 12.7. The van der Waals surface area contributed by atoms with E-state index in [2.05, 4.69) is 64.0 Å². The van der Waals surface area contributed by atoms with Crippen LogP contribution in [-0.2, 0) is 6.54 Å². The number of pyridine rings is 1. The van der Waals surface area contributed by atoms with Gasteiger partial charge in [0.2, 0.25) is 0 Å². The minimum Gasteiger partial charge on any atom is -0.308 e. The summed E-state index contributed by atoms with van der Waals surface area (Å²) in [6.45, 7) is 14.3. The van der Waals surface area contributed by atoms with Crippen molar-refractivity contribution in [2.24, 2.45) is 5.92 Å². The maximum Gasteiger partial charge on any atom is 0.0440 e. The van der Waals surface area contributed by atoms with Crippen molar-refractivity contribution in [2.45, 2.75) is 66.0 Å². The smallest absolute Gasteiger partial charge is 0.0440 e. The molecule has 0 bridgehead atoms. The van der Waals surface area contributed by atoms with E-state index in [0.29, 0.717) is 11.8 Å². The fraction of sp³-hybridized carbons (Fsp3) is 0.688. The molecule has 1 unspecified atom stereocenters. The number of rotatable bonds is 5. The molecule has 0 radical (unpaired) electrons. The van der Waals surface area contributed by atoms with Gasteiger partial charge in [0, 0.05) is 29.9 Å². The van der Waals surface area contributed by atoms with Crippen LogP contribution in [0.25, 0.3) is 0 Å². The van der Waals surface area contributed by atoms with E-state index in [1.807, 2.05) is 6.20 Å². The monoisotopic (exact) mass is 248 g/mol. The number of hydrogen-bond donors (Lipinski definition) is 1. The molecule has 1 rings (SSSR count). The number of nitrogens with one attached hydrogen (secondary N) is 1. The van der Waals surface area contributed by atoms with Crippen molar-refractivity contribution in [2.75, 3.05) is 0 Å². The average Bonchev–Trinajstić information content (AvgIpc) is 2.26. The Hall–Kier alpha value is -0.890. The highest BCUT2D eigenvalue weighted by Crippen LogP contribution is 2.26. The van der Waals surface area contributed by atoms with Crippen molar-refractivity contribution in [3.05, 3.63) is 29.6 Å². The molecule has 0 aromatic carbocycles. The average molecular weight is 248 g/mol.